The minimum absolute atomic E-state index is 0.0602. The lowest BCUT2D eigenvalue weighted by atomic mass is 10.1. The summed E-state index contributed by atoms with van der Waals surface area (Å²) in [5, 5.41) is 5.48. The molecular weight excluding hydrogens is 312 g/mol. The summed E-state index contributed by atoms with van der Waals surface area (Å²) in [7, 11) is 1.59. The highest BCUT2D eigenvalue weighted by Gasteiger charge is 2.15. The van der Waals surface area contributed by atoms with Gasteiger partial charge in [-0.1, -0.05) is 18.2 Å². The number of carbonyl (C=O) groups is 2. The van der Waals surface area contributed by atoms with Crippen molar-refractivity contribution in [2.24, 2.45) is 0 Å². The third-order valence-corrected chi connectivity index (χ3v) is 4.36. The summed E-state index contributed by atoms with van der Waals surface area (Å²) in [5.41, 5.74) is 0.892. The van der Waals surface area contributed by atoms with Gasteiger partial charge in [0, 0.05) is 10.4 Å². The molecule has 1 aromatic carbocycles. The number of hydrogen-bond donors (Lipinski definition) is 2. The molecule has 0 unspecified atom stereocenters. The van der Waals surface area contributed by atoms with Crippen LogP contribution < -0.4 is 15.4 Å². The van der Waals surface area contributed by atoms with E-state index in [1.54, 1.807) is 13.2 Å². The molecule has 0 spiro atoms. The molecule has 0 bridgehead atoms. The van der Waals surface area contributed by atoms with Crippen LogP contribution >= 0.6 is 11.3 Å². The van der Waals surface area contributed by atoms with Crippen molar-refractivity contribution in [3.8, 4) is 5.75 Å². The first-order chi connectivity index (χ1) is 11.0. The van der Waals surface area contributed by atoms with E-state index in [1.807, 2.05) is 44.2 Å². The quantitative estimate of drug-likeness (QED) is 0.854. The molecule has 2 aromatic rings. The Labute approximate surface area is 139 Å². The lowest BCUT2D eigenvalue weighted by Gasteiger charge is -2.17. The van der Waals surface area contributed by atoms with Gasteiger partial charge in [-0.3, -0.25) is 9.59 Å². The summed E-state index contributed by atoms with van der Waals surface area (Å²) in [5.74, 6) is 0.242. The summed E-state index contributed by atoms with van der Waals surface area (Å²) < 4.78 is 5.29. The van der Waals surface area contributed by atoms with Gasteiger partial charge in [-0.2, -0.15) is 0 Å². The fourth-order valence-electron chi connectivity index (χ4n) is 2.20. The Bertz CT molecular complexity index is 697. The number of carbonyl (C=O) groups excluding carboxylic acids is 2. The molecule has 2 N–H and O–H groups in total. The predicted molar refractivity (Wildman–Crippen MR) is 90.9 cm³/mol. The normalized spacial score (nSPS) is 11.6. The van der Waals surface area contributed by atoms with Gasteiger partial charge in [0.1, 0.15) is 5.75 Å². The molecule has 0 saturated carbocycles. The Balaban J connectivity index is 1.88. The minimum Gasteiger partial charge on any atom is -0.496 e. The molecule has 0 aliphatic heterocycles. The smallest absolute Gasteiger partial charge is 0.261 e. The van der Waals surface area contributed by atoms with Gasteiger partial charge in [0.2, 0.25) is 5.91 Å². The molecule has 1 heterocycles. The maximum Gasteiger partial charge on any atom is 0.261 e. The summed E-state index contributed by atoms with van der Waals surface area (Å²) in [6.07, 6.45) is 0. The Morgan fingerprint density at radius 1 is 1.22 bits per heavy atom. The van der Waals surface area contributed by atoms with Gasteiger partial charge in [-0.25, -0.2) is 0 Å². The van der Waals surface area contributed by atoms with E-state index < -0.39 is 0 Å². The first-order valence-corrected chi connectivity index (χ1v) is 8.10. The van der Waals surface area contributed by atoms with Crippen LogP contribution in [0.15, 0.2) is 36.4 Å². The van der Waals surface area contributed by atoms with Crippen LogP contribution in [0.5, 0.6) is 5.75 Å². The molecule has 0 saturated heterocycles. The van der Waals surface area contributed by atoms with E-state index in [2.05, 4.69) is 10.6 Å². The monoisotopic (exact) mass is 332 g/mol. The minimum atomic E-state index is -0.245. The second-order valence-corrected chi connectivity index (χ2v) is 6.41. The highest BCUT2D eigenvalue weighted by atomic mass is 32.1. The molecule has 23 heavy (non-hydrogen) atoms. The second kappa shape index (κ2) is 7.78. The highest BCUT2D eigenvalue weighted by molar-refractivity contribution is 7.13. The Kier molecular flexibility index (Phi) is 5.76. The molecule has 122 valence electrons. The molecule has 5 nitrogen and oxygen atoms in total. The fraction of sp³-hybridized carbons (Fsp3) is 0.294. The van der Waals surface area contributed by atoms with Gasteiger partial charge in [0.15, 0.2) is 0 Å². The number of thiophene rings is 1. The van der Waals surface area contributed by atoms with E-state index in [1.165, 1.54) is 11.3 Å². The first kappa shape index (κ1) is 17.0. The molecule has 1 aromatic heterocycles. The van der Waals surface area contributed by atoms with Crippen LogP contribution in [0.4, 0.5) is 0 Å². The molecule has 6 heteroatoms. The first-order valence-electron chi connectivity index (χ1n) is 7.28. The average molecular weight is 332 g/mol. The van der Waals surface area contributed by atoms with Crippen molar-refractivity contribution < 1.29 is 14.3 Å². The topological polar surface area (TPSA) is 67.4 Å². The SMILES string of the molecule is COc1ccccc1[C@H](C)NC(=O)CNC(=O)c1ccc(C)s1. The van der Waals surface area contributed by atoms with E-state index in [0.717, 1.165) is 16.2 Å². The number of nitrogens with one attached hydrogen (secondary N) is 2. The van der Waals surface area contributed by atoms with Crippen LogP contribution in [0.3, 0.4) is 0 Å². The van der Waals surface area contributed by atoms with E-state index in [0.29, 0.717) is 4.88 Å². The van der Waals surface area contributed by atoms with Crippen LogP contribution in [0.25, 0.3) is 0 Å². The third-order valence-electron chi connectivity index (χ3n) is 3.36. The highest BCUT2D eigenvalue weighted by Crippen LogP contribution is 2.24. The number of amides is 2. The summed E-state index contributed by atoms with van der Waals surface area (Å²) in [4.78, 5) is 25.6. The van der Waals surface area contributed by atoms with Crippen molar-refractivity contribution in [2.45, 2.75) is 19.9 Å². The zero-order chi connectivity index (χ0) is 16.8. The second-order valence-electron chi connectivity index (χ2n) is 5.12. The molecule has 0 fully saturated rings. The number of hydrogen-bond acceptors (Lipinski definition) is 4. The van der Waals surface area contributed by atoms with E-state index in [4.69, 9.17) is 4.74 Å². The zero-order valence-electron chi connectivity index (χ0n) is 13.4. The number of ether oxygens (including phenoxy) is 1. The zero-order valence-corrected chi connectivity index (χ0v) is 14.2. The van der Waals surface area contributed by atoms with Crippen molar-refractivity contribution in [1.82, 2.24) is 10.6 Å². The van der Waals surface area contributed by atoms with E-state index in [-0.39, 0.29) is 24.4 Å². The van der Waals surface area contributed by atoms with Crippen molar-refractivity contribution >= 4 is 23.2 Å². The summed E-state index contributed by atoms with van der Waals surface area (Å²) >= 11 is 1.40. The van der Waals surface area contributed by atoms with Gasteiger partial charge >= 0.3 is 0 Å². The van der Waals surface area contributed by atoms with Gasteiger partial charge in [0.25, 0.3) is 5.91 Å². The Morgan fingerprint density at radius 3 is 2.61 bits per heavy atom. The Morgan fingerprint density at radius 2 is 1.96 bits per heavy atom. The van der Waals surface area contributed by atoms with Crippen molar-refractivity contribution in [3.05, 3.63) is 51.7 Å². The molecule has 2 rings (SSSR count). The summed E-state index contributed by atoms with van der Waals surface area (Å²) in [6.45, 7) is 3.75. The Hall–Kier alpha value is -2.34. The number of aryl methyl sites for hydroxylation is 1. The van der Waals surface area contributed by atoms with Crippen LogP contribution in [0, 0.1) is 6.92 Å². The van der Waals surface area contributed by atoms with E-state index >= 15 is 0 Å². The molecule has 2 amide bonds. The maximum atomic E-state index is 12.0. The molecule has 0 radical (unpaired) electrons. The number of benzene rings is 1. The van der Waals surface area contributed by atoms with Gasteiger partial charge in [-0.05, 0) is 32.0 Å². The molecule has 1 atom stereocenters. The van der Waals surface area contributed by atoms with Crippen LogP contribution in [0.1, 0.15) is 33.1 Å². The standard InChI is InChI=1S/C17H20N2O3S/c1-11-8-9-15(23-11)17(21)18-10-16(20)19-12(2)13-6-4-5-7-14(13)22-3/h4-9,12H,10H2,1-3H3,(H,18,21)(H,19,20)/t12-/m0/s1. The van der Waals surface area contributed by atoms with Crippen molar-refractivity contribution in [2.75, 3.05) is 13.7 Å². The lowest BCUT2D eigenvalue weighted by molar-refractivity contribution is -0.120. The molecule has 0 aliphatic carbocycles. The summed E-state index contributed by atoms with van der Waals surface area (Å²) in [6, 6.07) is 10.9. The predicted octanol–water partition coefficient (Wildman–Crippen LogP) is 2.67. The molecular formula is C17H20N2O3S. The van der Waals surface area contributed by atoms with E-state index in [9.17, 15) is 9.59 Å². The van der Waals surface area contributed by atoms with Crippen LogP contribution in [-0.4, -0.2) is 25.5 Å². The lowest BCUT2D eigenvalue weighted by Crippen LogP contribution is -2.37. The fourth-order valence-corrected chi connectivity index (χ4v) is 2.98. The molecule has 0 aliphatic rings. The largest absolute Gasteiger partial charge is 0.496 e. The van der Waals surface area contributed by atoms with Gasteiger partial charge < -0.3 is 15.4 Å². The van der Waals surface area contributed by atoms with Crippen molar-refractivity contribution in [3.63, 3.8) is 0 Å². The van der Waals surface area contributed by atoms with Crippen LogP contribution in [-0.2, 0) is 4.79 Å². The average Bonchev–Trinajstić information content (AvgIpc) is 2.99. The van der Waals surface area contributed by atoms with Gasteiger partial charge in [0.05, 0.1) is 24.6 Å². The van der Waals surface area contributed by atoms with Crippen molar-refractivity contribution in [1.29, 1.82) is 0 Å². The third kappa shape index (κ3) is 4.56. The maximum absolute atomic E-state index is 12.0. The van der Waals surface area contributed by atoms with Crippen LogP contribution in [0.2, 0.25) is 0 Å². The number of rotatable bonds is 6. The number of methoxy groups -OCH3 is 1. The number of para-hydroxylation sites is 1. The van der Waals surface area contributed by atoms with Gasteiger partial charge in [-0.15, -0.1) is 11.3 Å².